The van der Waals surface area contributed by atoms with Crippen LogP contribution in [0.3, 0.4) is 0 Å². The van der Waals surface area contributed by atoms with Crippen molar-refractivity contribution < 1.29 is 0 Å². The van der Waals surface area contributed by atoms with Gasteiger partial charge < -0.3 is 15.5 Å². The number of aromatic nitrogens is 2. The molecule has 0 spiro atoms. The lowest BCUT2D eigenvalue weighted by Crippen LogP contribution is -2.29. The zero-order chi connectivity index (χ0) is 14.1. The van der Waals surface area contributed by atoms with Gasteiger partial charge in [-0.1, -0.05) is 27.2 Å². The van der Waals surface area contributed by atoms with Crippen LogP contribution in [0, 0.1) is 0 Å². The van der Waals surface area contributed by atoms with E-state index < -0.39 is 0 Å². The Morgan fingerprint density at radius 3 is 2.37 bits per heavy atom. The highest BCUT2D eigenvalue weighted by Crippen LogP contribution is 2.20. The molecule has 5 nitrogen and oxygen atoms in total. The van der Waals surface area contributed by atoms with Gasteiger partial charge in [0.1, 0.15) is 18.0 Å². The van der Waals surface area contributed by atoms with Crippen molar-refractivity contribution in [2.24, 2.45) is 0 Å². The molecular formula is C14H27N5. The molecule has 108 valence electrons. The average molecular weight is 265 g/mol. The van der Waals surface area contributed by atoms with Crippen molar-refractivity contribution >= 4 is 11.6 Å². The number of hydrogen-bond acceptors (Lipinski definition) is 5. The van der Waals surface area contributed by atoms with Gasteiger partial charge in [-0.05, 0) is 19.5 Å². The Balaban J connectivity index is 2.66. The summed E-state index contributed by atoms with van der Waals surface area (Å²) in [5.74, 6) is 1.90. The second-order valence-corrected chi connectivity index (χ2v) is 4.50. The fraction of sp³-hybridized carbons (Fsp3) is 0.714. The van der Waals surface area contributed by atoms with Gasteiger partial charge in [0.15, 0.2) is 0 Å². The first-order valence-electron chi connectivity index (χ1n) is 7.24. The highest BCUT2D eigenvalue weighted by molar-refractivity contribution is 5.57. The monoisotopic (exact) mass is 265 g/mol. The summed E-state index contributed by atoms with van der Waals surface area (Å²) < 4.78 is 0. The summed E-state index contributed by atoms with van der Waals surface area (Å²) in [6, 6.07) is 0. The van der Waals surface area contributed by atoms with Crippen molar-refractivity contribution in [1.82, 2.24) is 14.9 Å². The molecule has 0 fully saturated rings. The maximum Gasteiger partial charge on any atom is 0.134 e. The van der Waals surface area contributed by atoms with E-state index in [1.54, 1.807) is 6.33 Å². The number of nitrogens with zero attached hydrogens (tertiary/aromatic N) is 3. The first kappa shape index (κ1) is 15.7. The minimum absolute atomic E-state index is 0.915. The fourth-order valence-electron chi connectivity index (χ4n) is 2.14. The van der Waals surface area contributed by atoms with Crippen molar-refractivity contribution in [3.8, 4) is 0 Å². The third-order valence-corrected chi connectivity index (χ3v) is 3.30. The molecule has 0 saturated heterocycles. The predicted octanol–water partition coefficient (Wildman–Crippen LogP) is 2.22. The third-order valence-electron chi connectivity index (χ3n) is 3.30. The molecule has 0 saturated carbocycles. The van der Waals surface area contributed by atoms with Crippen LogP contribution in [0.25, 0.3) is 0 Å². The SMILES string of the molecule is CCCc1c(NC)ncnc1NCCN(CC)CC. The molecule has 1 heterocycles. The second-order valence-electron chi connectivity index (χ2n) is 4.50. The predicted molar refractivity (Wildman–Crippen MR) is 81.9 cm³/mol. The van der Waals surface area contributed by atoms with Gasteiger partial charge in [0.25, 0.3) is 0 Å². The smallest absolute Gasteiger partial charge is 0.134 e. The maximum absolute atomic E-state index is 4.37. The van der Waals surface area contributed by atoms with Gasteiger partial charge in [-0.15, -0.1) is 0 Å². The lowest BCUT2D eigenvalue weighted by Gasteiger charge is -2.19. The first-order chi connectivity index (χ1) is 9.26. The zero-order valence-corrected chi connectivity index (χ0v) is 12.7. The molecule has 0 bridgehead atoms. The van der Waals surface area contributed by atoms with Gasteiger partial charge in [-0.2, -0.15) is 0 Å². The molecule has 0 aliphatic carbocycles. The zero-order valence-electron chi connectivity index (χ0n) is 12.7. The maximum atomic E-state index is 4.37. The molecule has 1 aromatic heterocycles. The fourth-order valence-corrected chi connectivity index (χ4v) is 2.14. The van der Waals surface area contributed by atoms with E-state index in [-0.39, 0.29) is 0 Å². The van der Waals surface area contributed by atoms with Crippen LogP contribution >= 0.6 is 0 Å². The summed E-state index contributed by atoms with van der Waals surface area (Å²) in [5, 5.41) is 6.58. The number of rotatable bonds is 9. The highest BCUT2D eigenvalue weighted by Gasteiger charge is 2.09. The average Bonchev–Trinajstić information content (AvgIpc) is 2.45. The summed E-state index contributed by atoms with van der Waals surface area (Å²) in [5.41, 5.74) is 1.19. The topological polar surface area (TPSA) is 53.1 Å². The van der Waals surface area contributed by atoms with E-state index in [0.29, 0.717) is 0 Å². The Bertz CT molecular complexity index is 363. The van der Waals surface area contributed by atoms with Crippen LogP contribution in [0.4, 0.5) is 11.6 Å². The highest BCUT2D eigenvalue weighted by atomic mass is 15.1. The van der Waals surface area contributed by atoms with E-state index >= 15 is 0 Å². The van der Waals surface area contributed by atoms with Crippen LogP contribution in [0.5, 0.6) is 0 Å². The molecule has 1 aromatic rings. The molecule has 0 radical (unpaired) electrons. The molecule has 0 unspecified atom stereocenters. The standard InChI is InChI=1S/C14H27N5/c1-5-8-12-13(15-4)17-11-18-14(12)16-9-10-19(6-2)7-3/h11H,5-10H2,1-4H3,(H2,15,16,17,18). The van der Waals surface area contributed by atoms with Gasteiger partial charge >= 0.3 is 0 Å². The largest absolute Gasteiger partial charge is 0.373 e. The summed E-state index contributed by atoms with van der Waals surface area (Å²) in [7, 11) is 1.90. The molecule has 5 heteroatoms. The van der Waals surface area contributed by atoms with Gasteiger partial charge in [0.05, 0.1) is 0 Å². The Morgan fingerprint density at radius 2 is 1.79 bits per heavy atom. The van der Waals surface area contributed by atoms with Crippen molar-refractivity contribution in [1.29, 1.82) is 0 Å². The normalized spacial score (nSPS) is 10.8. The van der Waals surface area contributed by atoms with Crippen molar-refractivity contribution in [2.45, 2.75) is 33.6 Å². The van der Waals surface area contributed by atoms with E-state index in [2.05, 4.69) is 46.3 Å². The van der Waals surface area contributed by atoms with E-state index in [9.17, 15) is 0 Å². The molecule has 2 N–H and O–H groups in total. The minimum Gasteiger partial charge on any atom is -0.373 e. The molecule has 0 atom stereocenters. The Kier molecular flexibility index (Phi) is 7.18. The molecule has 0 aliphatic rings. The van der Waals surface area contributed by atoms with Crippen LogP contribution in [0.15, 0.2) is 6.33 Å². The van der Waals surface area contributed by atoms with Crippen LogP contribution in [0.2, 0.25) is 0 Å². The quantitative estimate of drug-likeness (QED) is 0.717. The second kappa shape index (κ2) is 8.69. The summed E-state index contributed by atoms with van der Waals surface area (Å²) in [4.78, 5) is 11.0. The molecular weight excluding hydrogens is 238 g/mol. The minimum atomic E-state index is 0.915. The van der Waals surface area contributed by atoms with E-state index in [1.807, 2.05) is 7.05 Å². The van der Waals surface area contributed by atoms with Gasteiger partial charge in [-0.25, -0.2) is 9.97 Å². The lowest BCUT2D eigenvalue weighted by molar-refractivity contribution is 0.316. The third kappa shape index (κ3) is 4.67. The van der Waals surface area contributed by atoms with Crippen LogP contribution in [-0.2, 0) is 6.42 Å². The Morgan fingerprint density at radius 1 is 1.11 bits per heavy atom. The molecule has 1 rings (SSSR count). The molecule has 0 amide bonds. The van der Waals surface area contributed by atoms with Crippen molar-refractivity contribution in [3.05, 3.63) is 11.9 Å². The summed E-state index contributed by atoms with van der Waals surface area (Å²) >= 11 is 0. The van der Waals surface area contributed by atoms with Crippen molar-refractivity contribution in [3.63, 3.8) is 0 Å². The van der Waals surface area contributed by atoms with Crippen molar-refractivity contribution in [2.75, 3.05) is 43.9 Å². The number of nitrogens with one attached hydrogen (secondary N) is 2. The van der Waals surface area contributed by atoms with Gasteiger partial charge in [-0.3, -0.25) is 0 Å². The Labute approximate surface area is 116 Å². The van der Waals surface area contributed by atoms with Gasteiger partial charge in [0.2, 0.25) is 0 Å². The van der Waals surface area contributed by atoms with Crippen LogP contribution in [-0.4, -0.2) is 48.1 Å². The van der Waals surface area contributed by atoms with E-state index in [1.165, 1.54) is 5.56 Å². The van der Waals surface area contributed by atoms with Crippen LogP contribution in [0.1, 0.15) is 32.8 Å². The summed E-state index contributed by atoms with van der Waals surface area (Å²) in [6.07, 6.45) is 3.70. The molecule has 0 aromatic carbocycles. The Hall–Kier alpha value is -1.36. The molecule has 19 heavy (non-hydrogen) atoms. The van der Waals surface area contributed by atoms with Crippen LogP contribution < -0.4 is 10.6 Å². The van der Waals surface area contributed by atoms with Gasteiger partial charge in [0, 0.05) is 25.7 Å². The summed E-state index contributed by atoms with van der Waals surface area (Å²) in [6.45, 7) is 10.7. The number of anilines is 2. The lowest BCUT2D eigenvalue weighted by atomic mass is 10.1. The van der Waals surface area contributed by atoms with E-state index in [0.717, 1.165) is 50.7 Å². The van der Waals surface area contributed by atoms with E-state index in [4.69, 9.17) is 0 Å². The molecule has 0 aliphatic heterocycles. The number of hydrogen-bond donors (Lipinski definition) is 2. The number of likely N-dealkylation sites (N-methyl/N-ethyl adjacent to an activating group) is 1. The first-order valence-corrected chi connectivity index (χ1v) is 7.24.